The van der Waals surface area contributed by atoms with Gasteiger partial charge < -0.3 is 14.4 Å². The van der Waals surface area contributed by atoms with Crippen LogP contribution in [0.2, 0.25) is 10.0 Å². The maximum atomic E-state index is 9.97. The van der Waals surface area contributed by atoms with Gasteiger partial charge in [-0.25, -0.2) is 4.98 Å². The molecule has 26 heavy (non-hydrogen) atoms. The van der Waals surface area contributed by atoms with Gasteiger partial charge in [-0.3, -0.25) is 4.98 Å². The van der Waals surface area contributed by atoms with Gasteiger partial charge in [0.15, 0.2) is 0 Å². The van der Waals surface area contributed by atoms with Crippen LogP contribution in [0.5, 0.6) is 5.75 Å². The van der Waals surface area contributed by atoms with Crippen molar-refractivity contribution in [3.8, 4) is 17.1 Å². The minimum absolute atomic E-state index is 0.0170. The maximum absolute atomic E-state index is 9.97. The summed E-state index contributed by atoms with van der Waals surface area (Å²) < 4.78 is 7.81. The molecule has 0 bridgehead atoms. The van der Waals surface area contributed by atoms with Crippen LogP contribution >= 0.6 is 23.2 Å². The molecule has 3 aromatic rings. The van der Waals surface area contributed by atoms with Crippen LogP contribution < -0.4 is 0 Å². The van der Waals surface area contributed by atoms with Crippen LogP contribution in [-0.2, 0) is 11.2 Å². The van der Waals surface area contributed by atoms with E-state index >= 15 is 0 Å². The molecule has 1 aliphatic heterocycles. The van der Waals surface area contributed by atoms with E-state index in [-0.39, 0.29) is 16.8 Å². The summed E-state index contributed by atoms with van der Waals surface area (Å²) in [5, 5.41) is 10.6. The van der Waals surface area contributed by atoms with Gasteiger partial charge in [-0.05, 0) is 36.2 Å². The standard InChI is InChI=1S/C19H17Cl2N3O2/c20-14-1-2-16(25)18(21)17(14)19-23-7-8-24(19)15-11-26-10-13(15)9-12-3-5-22-6-4-12/h1-8,13,15,25H,9-11H2/t13-,15-/m1/s1. The highest BCUT2D eigenvalue weighted by Gasteiger charge is 2.32. The average Bonchev–Trinajstić information content (AvgIpc) is 3.29. The molecule has 0 spiro atoms. The third-order valence-corrected chi connectivity index (χ3v) is 5.43. The topological polar surface area (TPSA) is 60.2 Å². The zero-order chi connectivity index (χ0) is 18.1. The van der Waals surface area contributed by atoms with Crippen LogP contribution in [0, 0.1) is 5.92 Å². The first-order valence-corrected chi connectivity index (χ1v) is 9.07. The van der Waals surface area contributed by atoms with Crippen LogP contribution in [-0.4, -0.2) is 32.9 Å². The first kappa shape index (κ1) is 17.3. The lowest BCUT2D eigenvalue weighted by Crippen LogP contribution is -2.20. The van der Waals surface area contributed by atoms with Crippen molar-refractivity contribution < 1.29 is 9.84 Å². The highest BCUT2D eigenvalue weighted by molar-refractivity contribution is 6.39. The summed E-state index contributed by atoms with van der Waals surface area (Å²) >= 11 is 12.7. The first-order valence-electron chi connectivity index (χ1n) is 8.32. The van der Waals surface area contributed by atoms with E-state index in [9.17, 15) is 5.11 Å². The molecule has 1 N–H and O–H groups in total. The van der Waals surface area contributed by atoms with Crippen molar-refractivity contribution in [2.24, 2.45) is 5.92 Å². The fourth-order valence-corrected chi connectivity index (χ4v) is 3.97. The highest BCUT2D eigenvalue weighted by atomic mass is 35.5. The van der Waals surface area contributed by atoms with E-state index in [1.54, 1.807) is 24.7 Å². The number of benzene rings is 1. The predicted octanol–water partition coefficient (Wildman–Crippen LogP) is 4.39. The summed E-state index contributed by atoms with van der Waals surface area (Å²) in [6.07, 6.45) is 8.11. The van der Waals surface area contributed by atoms with Crippen molar-refractivity contribution in [3.63, 3.8) is 0 Å². The van der Waals surface area contributed by atoms with Gasteiger partial charge in [-0.1, -0.05) is 23.2 Å². The highest BCUT2D eigenvalue weighted by Crippen LogP contribution is 2.41. The minimum atomic E-state index is -0.0170. The van der Waals surface area contributed by atoms with E-state index in [1.807, 2.05) is 22.9 Å². The number of halogens is 2. The second-order valence-corrected chi connectivity index (χ2v) is 7.12. The molecule has 1 aliphatic rings. The number of phenols is 1. The van der Waals surface area contributed by atoms with Gasteiger partial charge in [-0.15, -0.1) is 0 Å². The molecule has 0 saturated carbocycles. The molecule has 7 heteroatoms. The number of nitrogens with zero attached hydrogens (tertiary/aromatic N) is 3. The molecule has 134 valence electrons. The van der Waals surface area contributed by atoms with E-state index in [4.69, 9.17) is 27.9 Å². The minimum Gasteiger partial charge on any atom is -0.506 e. The van der Waals surface area contributed by atoms with Crippen molar-refractivity contribution in [1.29, 1.82) is 0 Å². The lowest BCUT2D eigenvalue weighted by atomic mass is 9.95. The lowest BCUT2D eigenvalue weighted by Gasteiger charge is -2.22. The van der Waals surface area contributed by atoms with Crippen molar-refractivity contribution in [2.45, 2.75) is 12.5 Å². The molecule has 1 aromatic carbocycles. The normalized spacial score (nSPS) is 19.8. The molecule has 1 fully saturated rings. The summed E-state index contributed by atoms with van der Waals surface area (Å²) in [7, 11) is 0. The molecule has 0 aliphatic carbocycles. The molecule has 3 heterocycles. The van der Waals surface area contributed by atoms with Crippen molar-refractivity contribution in [1.82, 2.24) is 14.5 Å². The third-order valence-electron chi connectivity index (χ3n) is 4.73. The van der Waals surface area contributed by atoms with E-state index in [0.717, 1.165) is 6.42 Å². The molecule has 0 unspecified atom stereocenters. The fourth-order valence-electron chi connectivity index (χ4n) is 3.43. The molecule has 4 rings (SSSR count). The Hall–Kier alpha value is -2.08. The second-order valence-electron chi connectivity index (χ2n) is 6.34. The number of phenolic OH excluding ortho intramolecular Hbond substituents is 1. The van der Waals surface area contributed by atoms with Crippen molar-refractivity contribution in [3.05, 3.63) is 64.7 Å². The van der Waals surface area contributed by atoms with Gasteiger partial charge >= 0.3 is 0 Å². The van der Waals surface area contributed by atoms with E-state index in [1.165, 1.54) is 11.6 Å². The largest absolute Gasteiger partial charge is 0.506 e. The summed E-state index contributed by atoms with van der Waals surface area (Å²) in [5.74, 6) is 0.906. The Labute approximate surface area is 161 Å². The summed E-state index contributed by atoms with van der Waals surface area (Å²) in [6, 6.07) is 7.25. The summed E-state index contributed by atoms with van der Waals surface area (Å²) in [4.78, 5) is 8.52. The average molecular weight is 390 g/mol. The van der Waals surface area contributed by atoms with Gasteiger partial charge in [-0.2, -0.15) is 0 Å². The molecule has 0 radical (unpaired) electrons. The zero-order valence-electron chi connectivity index (χ0n) is 13.8. The lowest BCUT2D eigenvalue weighted by molar-refractivity contribution is 0.181. The Morgan fingerprint density at radius 2 is 1.92 bits per heavy atom. The van der Waals surface area contributed by atoms with Gasteiger partial charge in [0.25, 0.3) is 0 Å². The number of imidazole rings is 1. The molecular weight excluding hydrogens is 373 g/mol. The van der Waals surface area contributed by atoms with E-state index < -0.39 is 0 Å². The number of aromatic nitrogens is 3. The number of hydrogen-bond acceptors (Lipinski definition) is 4. The number of rotatable bonds is 4. The van der Waals surface area contributed by atoms with Crippen LogP contribution in [0.3, 0.4) is 0 Å². The monoisotopic (exact) mass is 389 g/mol. The second kappa shape index (κ2) is 7.27. The van der Waals surface area contributed by atoms with Gasteiger partial charge in [0.05, 0.1) is 34.9 Å². The number of aromatic hydroxyl groups is 1. The van der Waals surface area contributed by atoms with Crippen LogP contribution in [0.25, 0.3) is 11.4 Å². The molecule has 1 saturated heterocycles. The Balaban J connectivity index is 1.70. The Kier molecular flexibility index (Phi) is 4.85. The Morgan fingerprint density at radius 3 is 2.73 bits per heavy atom. The number of hydrogen-bond donors (Lipinski definition) is 1. The zero-order valence-corrected chi connectivity index (χ0v) is 15.4. The van der Waals surface area contributed by atoms with Gasteiger partial charge in [0, 0.05) is 30.7 Å². The van der Waals surface area contributed by atoms with Gasteiger partial charge in [0.1, 0.15) is 11.6 Å². The molecule has 5 nitrogen and oxygen atoms in total. The SMILES string of the molecule is Oc1ccc(Cl)c(-c2nccn2[C@@H]2COC[C@H]2Cc2ccncc2)c1Cl. The summed E-state index contributed by atoms with van der Waals surface area (Å²) in [6.45, 7) is 1.26. The quantitative estimate of drug-likeness (QED) is 0.718. The first-order chi connectivity index (χ1) is 12.6. The van der Waals surface area contributed by atoms with Crippen LogP contribution in [0.1, 0.15) is 11.6 Å². The molecule has 2 aromatic heterocycles. The third kappa shape index (κ3) is 3.18. The smallest absolute Gasteiger partial charge is 0.143 e. The van der Waals surface area contributed by atoms with E-state index in [2.05, 4.69) is 9.97 Å². The molecule has 2 atom stereocenters. The Morgan fingerprint density at radius 1 is 1.12 bits per heavy atom. The number of ether oxygens (including phenoxy) is 1. The van der Waals surface area contributed by atoms with Crippen LogP contribution in [0.15, 0.2) is 49.1 Å². The van der Waals surface area contributed by atoms with Gasteiger partial charge in [0.2, 0.25) is 0 Å². The molecule has 0 amide bonds. The Bertz CT molecular complexity index is 914. The predicted molar refractivity (Wildman–Crippen MR) is 101 cm³/mol. The molecular formula is C19H17Cl2N3O2. The van der Waals surface area contributed by atoms with E-state index in [0.29, 0.717) is 35.5 Å². The van der Waals surface area contributed by atoms with Crippen LogP contribution in [0.4, 0.5) is 0 Å². The number of pyridine rings is 1. The van der Waals surface area contributed by atoms with Crippen molar-refractivity contribution in [2.75, 3.05) is 13.2 Å². The summed E-state index contributed by atoms with van der Waals surface area (Å²) in [5.41, 5.74) is 1.75. The fraction of sp³-hybridized carbons (Fsp3) is 0.263. The van der Waals surface area contributed by atoms with Crippen molar-refractivity contribution >= 4 is 23.2 Å². The maximum Gasteiger partial charge on any atom is 0.143 e.